The van der Waals surface area contributed by atoms with Crippen molar-refractivity contribution in [2.45, 2.75) is 25.6 Å². The lowest BCUT2D eigenvalue weighted by molar-refractivity contribution is -0.181. The summed E-state index contributed by atoms with van der Waals surface area (Å²) >= 11 is 0. The molecule has 0 saturated carbocycles. The van der Waals surface area contributed by atoms with Gasteiger partial charge in [-0.05, 0) is 25.1 Å². The van der Waals surface area contributed by atoms with Crippen LogP contribution in [0.15, 0.2) is 48.8 Å². The van der Waals surface area contributed by atoms with E-state index >= 15 is 0 Å². The van der Waals surface area contributed by atoms with E-state index in [9.17, 15) is 9.59 Å². The van der Waals surface area contributed by atoms with Crippen LogP contribution in [0.25, 0.3) is 0 Å². The third kappa shape index (κ3) is 4.02. The Balaban J connectivity index is 1.48. The number of carbonyl (C=O) groups excluding carboxylic acids is 2. The number of ether oxygens (including phenoxy) is 2. The molecule has 3 heterocycles. The standard InChI is InChI=1S/C22H25N3O4/c1-2-25(19-6-4-3-5-7-19)21(27)18-14-17(15-23-16-18)20(26)24-10-8-22(9-11-24)28-12-13-29-22/h3-7,14-16H,2,8-13H2,1H3. The SMILES string of the molecule is CCN(C(=O)c1cncc(C(=O)N2CCC3(CC2)OCCO3)c1)c1ccccc1. The lowest BCUT2D eigenvalue weighted by Crippen LogP contribution is -2.47. The van der Waals surface area contributed by atoms with Crippen molar-refractivity contribution < 1.29 is 19.1 Å². The first kappa shape index (κ1) is 19.5. The molecule has 7 nitrogen and oxygen atoms in total. The van der Waals surface area contributed by atoms with Crippen LogP contribution in [0.4, 0.5) is 5.69 Å². The molecule has 0 atom stereocenters. The van der Waals surface area contributed by atoms with Crippen LogP contribution in [-0.4, -0.2) is 60.3 Å². The van der Waals surface area contributed by atoms with E-state index in [4.69, 9.17) is 9.47 Å². The van der Waals surface area contributed by atoms with Gasteiger partial charge >= 0.3 is 0 Å². The molecule has 1 aromatic heterocycles. The van der Waals surface area contributed by atoms with E-state index in [1.165, 1.54) is 12.4 Å². The monoisotopic (exact) mass is 395 g/mol. The van der Waals surface area contributed by atoms with E-state index in [0.29, 0.717) is 56.8 Å². The summed E-state index contributed by atoms with van der Waals surface area (Å²) in [4.78, 5) is 33.6. The van der Waals surface area contributed by atoms with Gasteiger partial charge in [0.1, 0.15) is 0 Å². The Hall–Kier alpha value is -2.77. The second-order valence-corrected chi connectivity index (χ2v) is 7.25. The normalized spacial score (nSPS) is 18.0. The van der Waals surface area contributed by atoms with E-state index < -0.39 is 5.79 Å². The fourth-order valence-corrected chi connectivity index (χ4v) is 3.90. The summed E-state index contributed by atoms with van der Waals surface area (Å²) in [5, 5.41) is 0. The Labute approximate surface area is 170 Å². The summed E-state index contributed by atoms with van der Waals surface area (Å²) in [5.74, 6) is -0.821. The molecule has 2 aliphatic rings. The van der Waals surface area contributed by atoms with E-state index in [-0.39, 0.29) is 11.8 Å². The molecule has 29 heavy (non-hydrogen) atoms. The summed E-state index contributed by atoms with van der Waals surface area (Å²) in [5.41, 5.74) is 1.64. The quantitative estimate of drug-likeness (QED) is 0.796. The Bertz CT molecular complexity index is 871. The molecule has 1 spiro atoms. The van der Waals surface area contributed by atoms with Gasteiger partial charge in [-0.2, -0.15) is 0 Å². The highest BCUT2D eigenvalue weighted by atomic mass is 16.7. The topological polar surface area (TPSA) is 72.0 Å². The molecule has 2 amide bonds. The number of likely N-dealkylation sites (tertiary alicyclic amines) is 1. The third-order valence-corrected chi connectivity index (χ3v) is 5.49. The Kier molecular flexibility index (Phi) is 5.60. The number of rotatable bonds is 4. The Morgan fingerprint density at radius 2 is 1.72 bits per heavy atom. The van der Waals surface area contributed by atoms with Crippen LogP contribution in [-0.2, 0) is 9.47 Å². The first-order valence-corrected chi connectivity index (χ1v) is 10.0. The average molecular weight is 395 g/mol. The maximum absolute atomic E-state index is 13.0. The van der Waals surface area contributed by atoms with Crippen LogP contribution in [0, 0.1) is 0 Å². The average Bonchev–Trinajstić information content (AvgIpc) is 3.23. The minimum atomic E-state index is -0.524. The van der Waals surface area contributed by atoms with Crippen molar-refractivity contribution in [1.29, 1.82) is 0 Å². The van der Waals surface area contributed by atoms with Gasteiger partial charge in [0.2, 0.25) is 0 Å². The fourth-order valence-electron chi connectivity index (χ4n) is 3.90. The molecule has 0 unspecified atom stereocenters. The Morgan fingerprint density at radius 3 is 2.38 bits per heavy atom. The molecule has 0 N–H and O–H groups in total. The fraction of sp³-hybridized carbons (Fsp3) is 0.409. The molecular weight excluding hydrogens is 370 g/mol. The molecule has 0 bridgehead atoms. The zero-order valence-electron chi connectivity index (χ0n) is 16.5. The maximum Gasteiger partial charge on any atom is 0.259 e. The number of hydrogen-bond acceptors (Lipinski definition) is 5. The van der Waals surface area contributed by atoms with Gasteiger partial charge in [-0.1, -0.05) is 18.2 Å². The molecule has 2 saturated heterocycles. The smallest absolute Gasteiger partial charge is 0.259 e. The largest absolute Gasteiger partial charge is 0.347 e. The first-order valence-electron chi connectivity index (χ1n) is 10.0. The second kappa shape index (κ2) is 8.31. The number of piperidine rings is 1. The van der Waals surface area contributed by atoms with Gasteiger partial charge in [-0.3, -0.25) is 14.6 Å². The van der Waals surface area contributed by atoms with Crippen LogP contribution >= 0.6 is 0 Å². The minimum absolute atomic E-state index is 0.122. The highest BCUT2D eigenvalue weighted by Crippen LogP contribution is 2.31. The number of carbonyl (C=O) groups is 2. The molecule has 0 radical (unpaired) electrons. The van der Waals surface area contributed by atoms with Crippen LogP contribution in [0.1, 0.15) is 40.5 Å². The van der Waals surface area contributed by atoms with E-state index in [1.807, 2.05) is 37.3 Å². The van der Waals surface area contributed by atoms with Gasteiger partial charge in [0.25, 0.3) is 11.8 Å². The number of hydrogen-bond donors (Lipinski definition) is 0. The number of aromatic nitrogens is 1. The highest BCUT2D eigenvalue weighted by Gasteiger charge is 2.41. The van der Waals surface area contributed by atoms with Gasteiger partial charge < -0.3 is 19.3 Å². The minimum Gasteiger partial charge on any atom is -0.347 e. The van der Waals surface area contributed by atoms with Gasteiger partial charge in [-0.25, -0.2) is 0 Å². The lowest BCUT2D eigenvalue weighted by Gasteiger charge is -2.37. The molecule has 2 aliphatic heterocycles. The number of pyridine rings is 1. The van der Waals surface area contributed by atoms with Gasteiger partial charge in [-0.15, -0.1) is 0 Å². The molecule has 2 fully saturated rings. The Morgan fingerprint density at radius 1 is 1.07 bits per heavy atom. The molecular formula is C22H25N3O4. The van der Waals surface area contributed by atoms with Gasteiger partial charge in [0, 0.05) is 50.6 Å². The second-order valence-electron chi connectivity index (χ2n) is 7.25. The predicted octanol–water partition coefficient (Wildman–Crippen LogP) is 2.73. The summed E-state index contributed by atoms with van der Waals surface area (Å²) in [6.45, 7) is 4.78. The van der Waals surface area contributed by atoms with Crippen LogP contribution in [0.2, 0.25) is 0 Å². The number of anilines is 1. The molecule has 2 aromatic rings. The molecule has 7 heteroatoms. The van der Waals surface area contributed by atoms with Crippen molar-refractivity contribution in [3.05, 3.63) is 59.9 Å². The summed E-state index contributed by atoms with van der Waals surface area (Å²) in [6.07, 6.45) is 4.34. The van der Waals surface area contributed by atoms with Crippen molar-refractivity contribution in [1.82, 2.24) is 9.88 Å². The van der Waals surface area contributed by atoms with Crippen molar-refractivity contribution in [3.63, 3.8) is 0 Å². The number of amides is 2. The lowest BCUT2D eigenvalue weighted by atomic mass is 10.0. The maximum atomic E-state index is 13.0. The molecule has 1 aromatic carbocycles. The summed E-state index contributed by atoms with van der Waals surface area (Å²) in [7, 11) is 0. The molecule has 4 rings (SSSR count). The van der Waals surface area contributed by atoms with Crippen LogP contribution in [0.5, 0.6) is 0 Å². The van der Waals surface area contributed by atoms with E-state index in [0.717, 1.165) is 5.69 Å². The van der Waals surface area contributed by atoms with E-state index in [1.54, 1.807) is 15.9 Å². The molecule has 152 valence electrons. The van der Waals surface area contributed by atoms with Crippen LogP contribution < -0.4 is 4.90 Å². The number of nitrogens with zero attached hydrogens (tertiary/aromatic N) is 3. The highest BCUT2D eigenvalue weighted by molar-refractivity contribution is 6.07. The third-order valence-electron chi connectivity index (χ3n) is 5.49. The van der Waals surface area contributed by atoms with Gasteiger partial charge in [0.15, 0.2) is 5.79 Å². The predicted molar refractivity (Wildman–Crippen MR) is 108 cm³/mol. The van der Waals surface area contributed by atoms with Crippen molar-refractivity contribution >= 4 is 17.5 Å². The van der Waals surface area contributed by atoms with Crippen molar-refractivity contribution in [2.24, 2.45) is 0 Å². The van der Waals surface area contributed by atoms with Gasteiger partial charge in [0.05, 0.1) is 24.3 Å². The summed E-state index contributed by atoms with van der Waals surface area (Å²) in [6, 6.07) is 11.1. The van der Waals surface area contributed by atoms with Crippen molar-refractivity contribution in [3.8, 4) is 0 Å². The van der Waals surface area contributed by atoms with E-state index in [2.05, 4.69) is 4.98 Å². The summed E-state index contributed by atoms with van der Waals surface area (Å²) < 4.78 is 11.4. The first-order chi connectivity index (χ1) is 14.1. The number of benzene rings is 1. The number of para-hydroxylation sites is 1. The zero-order chi connectivity index (χ0) is 20.3. The van der Waals surface area contributed by atoms with Crippen molar-refractivity contribution in [2.75, 3.05) is 37.7 Å². The zero-order valence-corrected chi connectivity index (χ0v) is 16.5. The molecule has 0 aliphatic carbocycles. The van der Waals surface area contributed by atoms with Crippen LogP contribution in [0.3, 0.4) is 0 Å².